The Kier molecular flexibility index (Phi) is 8.11. The number of nitrogens with zero attached hydrogens (tertiary/aromatic N) is 6. The molecule has 3 fully saturated rings. The van der Waals surface area contributed by atoms with Crippen LogP contribution >= 0.6 is 8.53 Å². The highest BCUT2D eigenvalue weighted by atomic mass is 31.2. The Balaban J connectivity index is 1.29. The van der Waals surface area contributed by atoms with Gasteiger partial charge in [-0.25, -0.2) is 19.6 Å². The molecular formula is C28H35N6O5P. The molecule has 0 amide bonds. The van der Waals surface area contributed by atoms with E-state index in [0.717, 1.165) is 42.6 Å². The second kappa shape index (κ2) is 11.7. The fourth-order valence-corrected chi connectivity index (χ4v) is 8.16. The first kappa shape index (κ1) is 27.6. The summed E-state index contributed by atoms with van der Waals surface area (Å²) < 4.78 is 36.6. The van der Waals surface area contributed by atoms with Gasteiger partial charge in [-0.05, 0) is 38.7 Å². The standard InChI is InChI=1S/C28H35N6O5P/c1-4-21-24(38-40-34-14-8-12-22(34)28(3,39-40)20-10-6-5-7-11-20)25(36-18-35-15-9-13-29)27(37-21)33-17-32-23-19(2)30-16-31-26(23)33/h5-7,10-11,16-17,21-22,24-25,27H,4,8-9,12,14-15,18H2,1-3H3/t21-,22-,24+,25?,27-,28-,40+/m1/s1. The van der Waals surface area contributed by atoms with Gasteiger partial charge < -0.3 is 23.3 Å². The lowest BCUT2D eigenvalue weighted by atomic mass is 9.87. The molecule has 0 aliphatic carbocycles. The van der Waals surface area contributed by atoms with Gasteiger partial charge in [-0.3, -0.25) is 4.57 Å². The Morgan fingerprint density at radius 2 is 2.05 bits per heavy atom. The van der Waals surface area contributed by atoms with Gasteiger partial charge in [-0.1, -0.05) is 37.3 Å². The fourth-order valence-electron chi connectivity index (χ4n) is 6.01. The summed E-state index contributed by atoms with van der Waals surface area (Å²) in [5.74, 6) is 0. The highest BCUT2D eigenvalue weighted by Gasteiger charge is 2.57. The predicted molar refractivity (Wildman–Crippen MR) is 147 cm³/mol. The van der Waals surface area contributed by atoms with Crippen molar-refractivity contribution in [2.75, 3.05) is 19.9 Å². The lowest BCUT2D eigenvalue weighted by molar-refractivity contribution is -0.135. The summed E-state index contributed by atoms with van der Waals surface area (Å²) in [6.45, 7) is 7.40. The highest BCUT2D eigenvalue weighted by Crippen LogP contribution is 2.64. The molecule has 3 aliphatic heterocycles. The topological polar surface area (TPSA) is 117 Å². The normalized spacial score (nSPS) is 32.0. The van der Waals surface area contributed by atoms with E-state index in [2.05, 4.69) is 63.8 Å². The summed E-state index contributed by atoms with van der Waals surface area (Å²) >= 11 is 0. The average Bonchev–Trinajstić information content (AvgIpc) is 3.74. The highest BCUT2D eigenvalue weighted by molar-refractivity contribution is 7.45. The Bertz CT molecular complexity index is 1350. The van der Waals surface area contributed by atoms with E-state index in [1.165, 1.54) is 6.33 Å². The SMILES string of the molecule is CC[C@H]1O[C@@H](n2cnc3c(C)ncnc32)C(OCOCCC#N)[C@H]1O[P@@]1O[C@](C)(c2ccccc2)[C@H]2CCCN21. The number of aromatic nitrogens is 4. The van der Waals surface area contributed by atoms with E-state index < -0.39 is 32.6 Å². The lowest BCUT2D eigenvalue weighted by Crippen LogP contribution is -2.37. The fraction of sp³-hybridized carbons (Fsp3) is 0.571. The molecule has 1 aromatic carbocycles. The number of aryl methyl sites for hydroxylation is 1. The minimum Gasteiger partial charge on any atom is -0.354 e. The van der Waals surface area contributed by atoms with Crippen LogP contribution in [0, 0.1) is 18.3 Å². The van der Waals surface area contributed by atoms with E-state index in [1.54, 1.807) is 6.33 Å². The van der Waals surface area contributed by atoms with Gasteiger partial charge in [0.15, 0.2) is 11.9 Å². The number of nitriles is 1. The van der Waals surface area contributed by atoms with Gasteiger partial charge in [0.25, 0.3) is 8.53 Å². The molecule has 1 unspecified atom stereocenters. The summed E-state index contributed by atoms with van der Waals surface area (Å²) in [5.41, 5.74) is 2.88. The molecule has 11 nitrogen and oxygen atoms in total. The van der Waals surface area contributed by atoms with Crippen molar-refractivity contribution in [1.29, 1.82) is 5.26 Å². The van der Waals surface area contributed by atoms with E-state index in [4.69, 9.17) is 28.5 Å². The monoisotopic (exact) mass is 566 g/mol. The molecule has 5 heterocycles. The summed E-state index contributed by atoms with van der Waals surface area (Å²) in [6.07, 6.45) is 4.71. The molecule has 40 heavy (non-hydrogen) atoms. The van der Waals surface area contributed by atoms with Crippen molar-refractivity contribution in [3.8, 4) is 6.07 Å². The molecule has 0 bridgehead atoms. The first-order valence-corrected chi connectivity index (χ1v) is 15.0. The molecule has 2 aromatic heterocycles. The van der Waals surface area contributed by atoms with Crippen LogP contribution in [0.2, 0.25) is 0 Å². The zero-order valence-corrected chi connectivity index (χ0v) is 23.9. The van der Waals surface area contributed by atoms with Gasteiger partial charge in [0.2, 0.25) is 0 Å². The van der Waals surface area contributed by atoms with Crippen LogP contribution in [0.4, 0.5) is 0 Å². The van der Waals surface area contributed by atoms with E-state index in [9.17, 15) is 0 Å². The van der Waals surface area contributed by atoms with Crippen LogP contribution in [-0.2, 0) is 28.9 Å². The number of hydrogen-bond acceptors (Lipinski definition) is 10. The molecule has 6 rings (SSSR count). The molecule has 3 saturated heterocycles. The van der Waals surface area contributed by atoms with E-state index in [-0.39, 0.29) is 18.9 Å². The third-order valence-electron chi connectivity index (χ3n) is 8.10. The molecule has 0 radical (unpaired) electrons. The number of hydrogen-bond donors (Lipinski definition) is 0. The maximum Gasteiger partial charge on any atom is 0.260 e. The van der Waals surface area contributed by atoms with Crippen LogP contribution in [0.25, 0.3) is 11.2 Å². The van der Waals surface area contributed by atoms with Gasteiger partial charge >= 0.3 is 0 Å². The number of ether oxygens (including phenoxy) is 3. The predicted octanol–water partition coefficient (Wildman–Crippen LogP) is 4.74. The zero-order chi connectivity index (χ0) is 27.7. The van der Waals surface area contributed by atoms with Crippen molar-refractivity contribution in [2.45, 2.75) is 82.6 Å². The maximum absolute atomic E-state index is 8.88. The van der Waals surface area contributed by atoms with Crippen LogP contribution in [-0.4, -0.2) is 68.5 Å². The van der Waals surface area contributed by atoms with Crippen molar-refractivity contribution >= 4 is 19.7 Å². The molecule has 0 N–H and O–H groups in total. The summed E-state index contributed by atoms with van der Waals surface area (Å²) in [6, 6.07) is 12.8. The first-order valence-electron chi connectivity index (χ1n) is 13.9. The van der Waals surface area contributed by atoms with E-state index in [1.807, 2.05) is 17.6 Å². The van der Waals surface area contributed by atoms with Gasteiger partial charge in [-0.2, -0.15) is 5.26 Å². The minimum absolute atomic E-state index is 0.00992. The number of fused-ring (bicyclic) bond motifs is 2. The molecule has 0 saturated carbocycles. The number of rotatable bonds is 10. The molecule has 12 heteroatoms. The first-order chi connectivity index (χ1) is 19.5. The van der Waals surface area contributed by atoms with E-state index in [0.29, 0.717) is 18.7 Å². The average molecular weight is 567 g/mol. The summed E-state index contributed by atoms with van der Waals surface area (Å²) in [5, 5.41) is 8.88. The van der Waals surface area contributed by atoms with Gasteiger partial charge in [0, 0.05) is 6.54 Å². The van der Waals surface area contributed by atoms with Gasteiger partial charge in [0.05, 0.1) is 43.3 Å². The van der Waals surface area contributed by atoms with Crippen LogP contribution in [0.1, 0.15) is 57.0 Å². The lowest BCUT2D eigenvalue weighted by Gasteiger charge is -2.29. The Morgan fingerprint density at radius 3 is 2.85 bits per heavy atom. The summed E-state index contributed by atoms with van der Waals surface area (Å²) in [4.78, 5) is 13.3. The van der Waals surface area contributed by atoms with Crippen molar-refractivity contribution < 1.29 is 23.3 Å². The van der Waals surface area contributed by atoms with Gasteiger partial charge in [0.1, 0.15) is 36.4 Å². The van der Waals surface area contributed by atoms with E-state index >= 15 is 0 Å². The molecule has 3 aromatic rings. The Morgan fingerprint density at radius 1 is 1.20 bits per heavy atom. The van der Waals surface area contributed by atoms with Crippen LogP contribution in [0.15, 0.2) is 43.0 Å². The molecule has 0 spiro atoms. The number of benzene rings is 1. The van der Waals surface area contributed by atoms with Crippen molar-refractivity contribution in [3.63, 3.8) is 0 Å². The zero-order valence-electron chi connectivity index (χ0n) is 23.0. The van der Waals surface area contributed by atoms with Crippen molar-refractivity contribution in [3.05, 3.63) is 54.2 Å². The van der Waals surface area contributed by atoms with Crippen LogP contribution in [0.5, 0.6) is 0 Å². The third-order valence-corrected chi connectivity index (χ3v) is 9.96. The van der Waals surface area contributed by atoms with Crippen molar-refractivity contribution in [2.24, 2.45) is 0 Å². The molecule has 3 aliphatic rings. The Hall–Kier alpha value is -2.55. The largest absolute Gasteiger partial charge is 0.354 e. The second-order valence-corrected chi connectivity index (χ2v) is 11.9. The minimum atomic E-state index is -1.37. The van der Waals surface area contributed by atoms with Crippen molar-refractivity contribution in [1.82, 2.24) is 24.2 Å². The van der Waals surface area contributed by atoms with Gasteiger partial charge in [-0.15, -0.1) is 0 Å². The smallest absolute Gasteiger partial charge is 0.260 e. The molecule has 7 atom stereocenters. The summed E-state index contributed by atoms with van der Waals surface area (Å²) in [7, 11) is -1.37. The van der Waals surface area contributed by atoms with Crippen LogP contribution < -0.4 is 0 Å². The maximum atomic E-state index is 8.88. The molecule has 212 valence electrons. The quantitative estimate of drug-likeness (QED) is 0.194. The third kappa shape index (κ3) is 4.92. The molecular weight excluding hydrogens is 531 g/mol. The number of imidazole rings is 1. The Labute approximate surface area is 235 Å². The van der Waals surface area contributed by atoms with Crippen LogP contribution in [0.3, 0.4) is 0 Å². The second-order valence-electron chi connectivity index (χ2n) is 10.5.